The van der Waals surface area contributed by atoms with Gasteiger partial charge in [-0.25, -0.2) is 14.4 Å². The topological polar surface area (TPSA) is 87.9 Å². The van der Waals surface area contributed by atoms with Gasteiger partial charge >= 0.3 is 5.97 Å². The van der Waals surface area contributed by atoms with Gasteiger partial charge in [-0.2, -0.15) is 5.26 Å². The number of esters is 1. The van der Waals surface area contributed by atoms with E-state index in [9.17, 15) is 9.18 Å². The fourth-order valence-corrected chi connectivity index (χ4v) is 2.72. The first kappa shape index (κ1) is 19.0. The molecule has 7 heteroatoms. The summed E-state index contributed by atoms with van der Waals surface area (Å²) in [4.78, 5) is 20.6. The van der Waals surface area contributed by atoms with Gasteiger partial charge in [0.15, 0.2) is 0 Å². The van der Waals surface area contributed by atoms with Crippen molar-refractivity contribution in [2.45, 2.75) is 12.3 Å². The van der Waals surface area contributed by atoms with Crippen LogP contribution in [0.1, 0.15) is 29.2 Å². The number of anilines is 2. The monoisotopic (exact) mass is 376 g/mol. The molecular weight excluding hydrogens is 359 g/mol. The molecule has 0 amide bonds. The maximum atomic E-state index is 13.3. The maximum Gasteiger partial charge on any atom is 0.306 e. The van der Waals surface area contributed by atoms with E-state index in [1.54, 1.807) is 48.7 Å². The second-order valence-electron chi connectivity index (χ2n) is 6.00. The number of aromatic nitrogens is 2. The molecule has 28 heavy (non-hydrogen) atoms. The van der Waals surface area contributed by atoms with Gasteiger partial charge in [-0.3, -0.25) is 4.79 Å². The van der Waals surface area contributed by atoms with Crippen LogP contribution in [0.4, 0.5) is 16.0 Å². The highest BCUT2D eigenvalue weighted by Gasteiger charge is 2.21. The third-order valence-corrected chi connectivity index (χ3v) is 4.18. The number of halogens is 1. The largest absolute Gasteiger partial charge is 0.469 e. The number of nitrogens with one attached hydrogen (secondary N) is 1. The molecule has 1 aromatic heterocycles. The third kappa shape index (κ3) is 4.68. The average molecular weight is 376 g/mol. The summed E-state index contributed by atoms with van der Waals surface area (Å²) in [5, 5.41) is 11.9. The van der Waals surface area contributed by atoms with Gasteiger partial charge < -0.3 is 10.1 Å². The molecule has 0 fully saturated rings. The number of benzene rings is 2. The van der Waals surface area contributed by atoms with Gasteiger partial charge in [0, 0.05) is 17.8 Å². The van der Waals surface area contributed by atoms with Gasteiger partial charge in [0.1, 0.15) is 5.82 Å². The molecule has 0 radical (unpaired) electrons. The minimum atomic E-state index is -0.405. The summed E-state index contributed by atoms with van der Waals surface area (Å²) >= 11 is 0. The number of nitrogens with zero attached hydrogens (tertiary/aromatic N) is 3. The number of nitriles is 1. The molecule has 140 valence electrons. The van der Waals surface area contributed by atoms with Crippen molar-refractivity contribution >= 4 is 17.6 Å². The third-order valence-electron chi connectivity index (χ3n) is 4.18. The highest BCUT2D eigenvalue weighted by atomic mass is 19.1. The van der Waals surface area contributed by atoms with Crippen LogP contribution < -0.4 is 5.32 Å². The molecule has 1 unspecified atom stereocenters. The van der Waals surface area contributed by atoms with Crippen LogP contribution in [0.5, 0.6) is 0 Å². The van der Waals surface area contributed by atoms with E-state index in [-0.39, 0.29) is 12.2 Å². The molecule has 0 aliphatic rings. The predicted molar refractivity (Wildman–Crippen MR) is 101 cm³/mol. The molecule has 0 aliphatic heterocycles. The molecule has 0 saturated heterocycles. The van der Waals surface area contributed by atoms with Crippen LogP contribution in [0.3, 0.4) is 0 Å². The van der Waals surface area contributed by atoms with Gasteiger partial charge in [-0.15, -0.1) is 0 Å². The Morgan fingerprint density at radius 3 is 2.54 bits per heavy atom. The summed E-state index contributed by atoms with van der Waals surface area (Å²) in [6, 6.07) is 16.6. The number of methoxy groups -OCH3 is 1. The second kappa shape index (κ2) is 8.73. The van der Waals surface area contributed by atoms with Crippen molar-refractivity contribution < 1.29 is 13.9 Å². The first-order valence-electron chi connectivity index (χ1n) is 8.51. The number of carbonyl (C=O) groups excluding carboxylic acids is 1. The van der Waals surface area contributed by atoms with E-state index in [2.05, 4.69) is 21.4 Å². The summed E-state index contributed by atoms with van der Waals surface area (Å²) in [5.41, 5.74) is 2.62. The normalized spacial score (nSPS) is 11.3. The first-order valence-corrected chi connectivity index (χ1v) is 8.51. The van der Waals surface area contributed by atoms with Crippen LogP contribution in [0.2, 0.25) is 0 Å². The first-order chi connectivity index (χ1) is 13.6. The minimum Gasteiger partial charge on any atom is -0.469 e. The van der Waals surface area contributed by atoms with E-state index in [0.717, 1.165) is 11.3 Å². The number of rotatable bonds is 6. The summed E-state index contributed by atoms with van der Waals surface area (Å²) in [7, 11) is 1.32. The molecule has 2 aromatic carbocycles. The van der Waals surface area contributed by atoms with Crippen molar-refractivity contribution in [2.75, 3.05) is 12.4 Å². The molecule has 0 bridgehead atoms. The number of carbonyl (C=O) groups is 1. The molecule has 0 spiro atoms. The van der Waals surface area contributed by atoms with Crippen molar-refractivity contribution in [3.63, 3.8) is 0 Å². The number of hydrogen-bond acceptors (Lipinski definition) is 6. The highest BCUT2D eigenvalue weighted by Crippen LogP contribution is 2.28. The van der Waals surface area contributed by atoms with E-state index >= 15 is 0 Å². The van der Waals surface area contributed by atoms with Crippen molar-refractivity contribution in [3.8, 4) is 6.07 Å². The van der Waals surface area contributed by atoms with Crippen molar-refractivity contribution in [1.29, 1.82) is 5.26 Å². The molecule has 0 aliphatic carbocycles. The van der Waals surface area contributed by atoms with Crippen LogP contribution in [0.25, 0.3) is 0 Å². The Morgan fingerprint density at radius 2 is 1.89 bits per heavy atom. The maximum absolute atomic E-state index is 13.3. The zero-order chi connectivity index (χ0) is 19.9. The summed E-state index contributed by atoms with van der Waals surface area (Å²) in [6.07, 6.45) is 1.65. The molecule has 1 N–H and O–H groups in total. The van der Waals surface area contributed by atoms with Crippen LogP contribution in [-0.4, -0.2) is 23.0 Å². The van der Waals surface area contributed by atoms with E-state index in [0.29, 0.717) is 17.2 Å². The zero-order valence-electron chi connectivity index (χ0n) is 15.1. The van der Waals surface area contributed by atoms with Gasteiger partial charge in [-0.05, 0) is 48.0 Å². The minimum absolute atomic E-state index is 0.0649. The molecular formula is C21H17FN4O2. The molecule has 1 heterocycles. The van der Waals surface area contributed by atoms with E-state index < -0.39 is 11.9 Å². The SMILES string of the molecule is COC(=O)CC(c1ccc(F)cc1)c1ccnc(Nc2ccc(C#N)cc2)n1. The summed E-state index contributed by atoms with van der Waals surface area (Å²) < 4.78 is 18.1. The van der Waals surface area contributed by atoms with Crippen LogP contribution in [0, 0.1) is 17.1 Å². The van der Waals surface area contributed by atoms with E-state index in [1.165, 1.54) is 19.2 Å². The standard InChI is InChI=1S/C21H17FN4O2/c1-28-20(27)12-18(15-4-6-16(22)7-5-15)19-10-11-24-21(26-19)25-17-8-2-14(13-23)3-9-17/h2-11,18H,12H2,1H3,(H,24,25,26). The quantitative estimate of drug-likeness (QED) is 0.656. The Hall–Kier alpha value is -3.79. The average Bonchev–Trinajstić information content (AvgIpc) is 2.73. The Bertz CT molecular complexity index is 998. The zero-order valence-corrected chi connectivity index (χ0v) is 15.1. The van der Waals surface area contributed by atoms with Gasteiger partial charge in [0.05, 0.1) is 30.9 Å². The van der Waals surface area contributed by atoms with Crippen molar-refractivity contribution in [2.24, 2.45) is 0 Å². The Kier molecular flexibility index (Phi) is 5.92. The molecule has 3 aromatic rings. The van der Waals surface area contributed by atoms with Crippen LogP contribution in [0.15, 0.2) is 60.8 Å². The molecule has 1 atom stereocenters. The molecule has 3 rings (SSSR count). The van der Waals surface area contributed by atoms with Gasteiger partial charge in [0.25, 0.3) is 0 Å². The predicted octanol–water partition coefficient (Wildman–Crippen LogP) is 3.93. The smallest absolute Gasteiger partial charge is 0.306 e. The van der Waals surface area contributed by atoms with Gasteiger partial charge in [0.2, 0.25) is 5.95 Å². The number of hydrogen-bond donors (Lipinski definition) is 1. The Morgan fingerprint density at radius 1 is 1.18 bits per heavy atom. The lowest BCUT2D eigenvalue weighted by Crippen LogP contribution is -2.12. The molecule has 6 nitrogen and oxygen atoms in total. The second-order valence-corrected chi connectivity index (χ2v) is 6.00. The Labute approximate surface area is 161 Å². The lowest BCUT2D eigenvalue weighted by atomic mass is 9.92. The van der Waals surface area contributed by atoms with E-state index in [1.807, 2.05) is 0 Å². The van der Waals surface area contributed by atoms with Crippen molar-refractivity contribution in [1.82, 2.24) is 9.97 Å². The van der Waals surface area contributed by atoms with Crippen molar-refractivity contribution in [3.05, 3.63) is 83.4 Å². The summed E-state index contributed by atoms with van der Waals surface area (Å²) in [5.74, 6) is -0.808. The van der Waals surface area contributed by atoms with Crippen LogP contribution >= 0.6 is 0 Å². The highest BCUT2D eigenvalue weighted by molar-refractivity contribution is 5.71. The fourth-order valence-electron chi connectivity index (χ4n) is 2.72. The summed E-state index contributed by atoms with van der Waals surface area (Å²) in [6.45, 7) is 0. The van der Waals surface area contributed by atoms with Crippen LogP contribution in [-0.2, 0) is 9.53 Å². The van der Waals surface area contributed by atoms with E-state index in [4.69, 9.17) is 10.00 Å². The lowest BCUT2D eigenvalue weighted by molar-refractivity contribution is -0.140. The lowest BCUT2D eigenvalue weighted by Gasteiger charge is -2.17. The van der Waals surface area contributed by atoms with Gasteiger partial charge in [-0.1, -0.05) is 12.1 Å². The fraction of sp³-hybridized carbons (Fsp3) is 0.143. The molecule has 0 saturated carbocycles. The Balaban J connectivity index is 1.89. The number of ether oxygens (including phenoxy) is 1.